The van der Waals surface area contributed by atoms with Crippen LogP contribution in [-0.2, 0) is 0 Å². The van der Waals surface area contributed by atoms with Crippen LogP contribution in [0.2, 0.25) is 0 Å². The molecule has 1 N–H and O–H groups in total. The smallest absolute Gasteiger partial charge is 0.161 e. The van der Waals surface area contributed by atoms with Crippen LogP contribution in [0.15, 0.2) is 54.6 Å². The number of para-hydroxylation sites is 1. The fraction of sp³-hybridized carbons (Fsp3) is 0.391. The Bertz CT molecular complexity index is 756. The Balaban J connectivity index is 1.46. The van der Waals surface area contributed by atoms with Gasteiger partial charge >= 0.3 is 0 Å². The maximum atomic E-state index is 10.4. The highest BCUT2D eigenvalue weighted by Gasteiger charge is 2.20. The molecule has 3 rings (SSSR count). The molecule has 0 aromatic heterocycles. The van der Waals surface area contributed by atoms with E-state index in [1.165, 1.54) is 5.69 Å². The molecule has 0 radical (unpaired) electrons. The highest BCUT2D eigenvalue weighted by atomic mass is 16.5. The van der Waals surface area contributed by atoms with Crippen molar-refractivity contribution in [2.24, 2.45) is 0 Å². The van der Waals surface area contributed by atoms with E-state index in [2.05, 4.69) is 34.1 Å². The van der Waals surface area contributed by atoms with Crippen LogP contribution in [0.1, 0.15) is 12.5 Å². The number of allylic oxidation sites excluding steroid dienone is 1. The summed E-state index contributed by atoms with van der Waals surface area (Å²) in [5.41, 5.74) is 2.32. The molecule has 0 aliphatic carbocycles. The van der Waals surface area contributed by atoms with Crippen LogP contribution in [0.25, 0.3) is 6.08 Å². The molecule has 0 saturated carbocycles. The number of rotatable bonds is 8. The molecule has 1 aliphatic rings. The van der Waals surface area contributed by atoms with Gasteiger partial charge in [0.25, 0.3) is 0 Å². The summed E-state index contributed by atoms with van der Waals surface area (Å²) in [7, 11) is 1.63. The lowest BCUT2D eigenvalue weighted by atomic mass is 10.2. The molecule has 0 spiro atoms. The van der Waals surface area contributed by atoms with E-state index in [0.717, 1.165) is 31.7 Å². The van der Waals surface area contributed by atoms with Crippen LogP contribution in [0.3, 0.4) is 0 Å². The predicted octanol–water partition coefficient (Wildman–Crippen LogP) is 3.29. The first-order chi connectivity index (χ1) is 13.7. The Hall–Kier alpha value is -2.50. The van der Waals surface area contributed by atoms with Gasteiger partial charge in [-0.2, -0.15) is 0 Å². The van der Waals surface area contributed by atoms with Gasteiger partial charge in [0.05, 0.1) is 7.11 Å². The van der Waals surface area contributed by atoms with Crippen molar-refractivity contribution >= 4 is 11.8 Å². The normalized spacial score (nSPS) is 16.3. The summed E-state index contributed by atoms with van der Waals surface area (Å²) >= 11 is 0. The third kappa shape index (κ3) is 5.50. The fourth-order valence-corrected chi connectivity index (χ4v) is 3.46. The zero-order valence-corrected chi connectivity index (χ0v) is 16.8. The standard InChI is InChI=1S/C23H30N2O3/c1-3-7-19-10-11-22(23(16-19)27-2)28-18-21(26)17-24-12-14-25(15-13-24)20-8-5-4-6-9-20/h3-11,16,21,26H,12-15,17-18H2,1-2H3/b7-3-. The molecule has 5 nitrogen and oxygen atoms in total. The number of benzene rings is 2. The molecule has 5 heteroatoms. The topological polar surface area (TPSA) is 45.2 Å². The summed E-state index contributed by atoms with van der Waals surface area (Å²) in [4.78, 5) is 4.68. The number of hydrogen-bond donors (Lipinski definition) is 1. The van der Waals surface area contributed by atoms with Crippen LogP contribution in [0, 0.1) is 0 Å². The van der Waals surface area contributed by atoms with Gasteiger partial charge in [-0.25, -0.2) is 0 Å². The SMILES string of the molecule is C/C=C\c1ccc(OCC(O)CN2CCN(c3ccccc3)CC2)c(OC)c1. The Labute approximate surface area is 167 Å². The molecule has 1 atom stereocenters. The summed E-state index contributed by atoms with van der Waals surface area (Å²) in [5, 5.41) is 10.4. The third-order valence-electron chi connectivity index (χ3n) is 4.94. The Morgan fingerprint density at radius 3 is 2.46 bits per heavy atom. The largest absolute Gasteiger partial charge is 0.493 e. The highest BCUT2D eigenvalue weighted by Crippen LogP contribution is 2.28. The zero-order chi connectivity index (χ0) is 19.8. The van der Waals surface area contributed by atoms with E-state index in [9.17, 15) is 5.11 Å². The van der Waals surface area contributed by atoms with E-state index in [-0.39, 0.29) is 6.61 Å². The molecule has 0 bridgehead atoms. The maximum Gasteiger partial charge on any atom is 0.161 e. The van der Waals surface area contributed by atoms with Gasteiger partial charge in [0, 0.05) is 38.4 Å². The maximum absolute atomic E-state index is 10.4. The van der Waals surface area contributed by atoms with Gasteiger partial charge < -0.3 is 19.5 Å². The Morgan fingerprint density at radius 2 is 1.79 bits per heavy atom. The molecule has 1 fully saturated rings. The van der Waals surface area contributed by atoms with E-state index in [4.69, 9.17) is 9.47 Å². The molecule has 1 heterocycles. The lowest BCUT2D eigenvalue weighted by Gasteiger charge is -2.36. The van der Waals surface area contributed by atoms with Gasteiger partial charge in [-0.3, -0.25) is 4.90 Å². The molecule has 0 amide bonds. The summed E-state index contributed by atoms with van der Waals surface area (Å²) in [6.07, 6.45) is 3.45. The minimum atomic E-state index is -0.539. The van der Waals surface area contributed by atoms with Gasteiger partial charge in [-0.05, 0) is 36.8 Å². The lowest BCUT2D eigenvalue weighted by Crippen LogP contribution is -2.49. The third-order valence-corrected chi connectivity index (χ3v) is 4.94. The first-order valence-electron chi connectivity index (χ1n) is 9.83. The van der Waals surface area contributed by atoms with Crippen molar-refractivity contribution in [2.75, 3.05) is 51.3 Å². The van der Waals surface area contributed by atoms with Gasteiger partial charge in [0.15, 0.2) is 11.5 Å². The molecular weight excluding hydrogens is 352 g/mol. The van der Waals surface area contributed by atoms with E-state index in [1.807, 2.05) is 43.3 Å². The average molecular weight is 383 g/mol. The van der Waals surface area contributed by atoms with Crippen molar-refractivity contribution in [2.45, 2.75) is 13.0 Å². The van der Waals surface area contributed by atoms with Gasteiger partial charge in [-0.15, -0.1) is 0 Å². The second-order valence-electron chi connectivity index (χ2n) is 7.00. The van der Waals surface area contributed by atoms with Gasteiger partial charge in [0.2, 0.25) is 0 Å². The molecule has 1 aliphatic heterocycles. The van der Waals surface area contributed by atoms with Crippen molar-refractivity contribution in [1.82, 2.24) is 4.90 Å². The zero-order valence-electron chi connectivity index (χ0n) is 16.8. The first kappa shape index (κ1) is 20.2. The molecule has 1 saturated heterocycles. The van der Waals surface area contributed by atoms with Crippen LogP contribution in [0.4, 0.5) is 5.69 Å². The van der Waals surface area contributed by atoms with Gasteiger partial charge in [-0.1, -0.05) is 36.4 Å². The number of β-amino-alcohol motifs (C(OH)–C–C–N with tert-alkyl or cyclic N) is 1. The number of piperazine rings is 1. The van der Waals surface area contributed by atoms with Crippen molar-refractivity contribution in [3.05, 3.63) is 60.2 Å². The van der Waals surface area contributed by atoms with Crippen LogP contribution >= 0.6 is 0 Å². The van der Waals surface area contributed by atoms with E-state index >= 15 is 0 Å². The van der Waals surface area contributed by atoms with Crippen molar-refractivity contribution < 1.29 is 14.6 Å². The van der Waals surface area contributed by atoms with Crippen molar-refractivity contribution in [1.29, 1.82) is 0 Å². The fourth-order valence-electron chi connectivity index (χ4n) is 3.46. The molecule has 28 heavy (non-hydrogen) atoms. The number of ether oxygens (including phenoxy) is 2. The van der Waals surface area contributed by atoms with Crippen LogP contribution < -0.4 is 14.4 Å². The molecule has 150 valence electrons. The van der Waals surface area contributed by atoms with E-state index in [0.29, 0.717) is 18.0 Å². The first-order valence-corrected chi connectivity index (χ1v) is 9.83. The minimum absolute atomic E-state index is 0.248. The summed E-state index contributed by atoms with van der Waals surface area (Å²) in [5.74, 6) is 1.34. The van der Waals surface area contributed by atoms with Crippen LogP contribution in [-0.4, -0.2) is 62.6 Å². The number of nitrogens with zero attached hydrogens (tertiary/aromatic N) is 2. The predicted molar refractivity (Wildman–Crippen MR) is 114 cm³/mol. The Morgan fingerprint density at radius 1 is 1.04 bits per heavy atom. The van der Waals surface area contributed by atoms with Crippen LogP contribution in [0.5, 0.6) is 11.5 Å². The minimum Gasteiger partial charge on any atom is -0.493 e. The van der Waals surface area contributed by atoms with E-state index in [1.54, 1.807) is 7.11 Å². The Kier molecular flexibility index (Phi) is 7.34. The van der Waals surface area contributed by atoms with Crippen molar-refractivity contribution in [3.63, 3.8) is 0 Å². The second-order valence-corrected chi connectivity index (χ2v) is 7.00. The summed E-state index contributed by atoms with van der Waals surface area (Å²) in [6.45, 7) is 6.66. The number of methoxy groups -OCH3 is 1. The van der Waals surface area contributed by atoms with E-state index < -0.39 is 6.10 Å². The average Bonchev–Trinajstić information content (AvgIpc) is 2.74. The molecule has 1 unspecified atom stereocenters. The molecule has 2 aromatic carbocycles. The number of aliphatic hydroxyl groups is 1. The molecular formula is C23H30N2O3. The highest BCUT2D eigenvalue weighted by molar-refractivity contribution is 5.55. The summed E-state index contributed by atoms with van der Waals surface area (Å²) in [6, 6.07) is 16.3. The quantitative estimate of drug-likeness (QED) is 0.759. The monoisotopic (exact) mass is 382 g/mol. The second kappa shape index (κ2) is 10.2. The summed E-state index contributed by atoms with van der Waals surface area (Å²) < 4.78 is 11.2. The lowest BCUT2D eigenvalue weighted by molar-refractivity contribution is 0.0653. The van der Waals surface area contributed by atoms with Gasteiger partial charge in [0.1, 0.15) is 12.7 Å². The number of anilines is 1. The van der Waals surface area contributed by atoms with Crippen molar-refractivity contribution in [3.8, 4) is 11.5 Å². The number of aliphatic hydroxyl groups excluding tert-OH is 1. The number of hydrogen-bond acceptors (Lipinski definition) is 5. The molecule has 2 aromatic rings.